The quantitative estimate of drug-likeness (QED) is 0.389. The molecule has 7 heteroatoms. The maximum Gasteiger partial charge on any atom is 0.160 e. The molecule has 0 aliphatic carbocycles. The smallest absolute Gasteiger partial charge is 0.160 e. The molecule has 2 N–H and O–H groups in total. The average molecular weight is 205 g/mol. The number of azide groups is 1. The summed E-state index contributed by atoms with van der Waals surface area (Å²) < 4.78 is 18.5. The van der Waals surface area contributed by atoms with Gasteiger partial charge in [0.1, 0.15) is 11.7 Å². The molecule has 1 saturated heterocycles. The van der Waals surface area contributed by atoms with Gasteiger partial charge in [-0.3, -0.25) is 0 Å². The summed E-state index contributed by atoms with van der Waals surface area (Å²) in [6.07, 6.45) is -1.49. The van der Waals surface area contributed by atoms with Crippen molar-refractivity contribution >= 4 is 0 Å². The minimum absolute atomic E-state index is 0.291. The van der Waals surface area contributed by atoms with Crippen molar-refractivity contribution in [2.45, 2.75) is 24.3 Å². The number of ether oxygens (including phenoxy) is 1. The monoisotopic (exact) mass is 205 g/mol. The minimum atomic E-state index is -1.92. The summed E-state index contributed by atoms with van der Waals surface area (Å²) >= 11 is 0. The number of rotatable bonds is 3. The fourth-order valence-corrected chi connectivity index (χ4v) is 1.46. The summed E-state index contributed by atoms with van der Waals surface area (Å²) in [5.74, 6) is 0. The summed E-state index contributed by atoms with van der Waals surface area (Å²) in [6.45, 7) is -0.0335. The van der Waals surface area contributed by atoms with Crippen LogP contribution in [0.25, 0.3) is 10.4 Å². The maximum atomic E-state index is 13.5. The number of aliphatic hydroxyl groups excluding tert-OH is 2. The largest absolute Gasteiger partial charge is 0.393 e. The van der Waals surface area contributed by atoms with Crippen molar-refractivity contribution in [1.29, 1.82) is 0 Å². The van der Waals surface area contributed by atoms with Gasteiger partial charge in [0.2, 0.25) is 0 Å². The molecule has 0 aromatic rings. The van der Waals surface area contributed by atoms with E-state index in [1.54, 1.807) is 0 Å². The second kappa shape index (κ2) is 3.70. The zero-order valence-electron chi connectivity index (χ0n) is 7.72. The summed E-state index contributed by atoms with van der Waals surface area (Å²) in [5.41, 5.74) is 4.67. The highest BCUT2D eigenvalue weighted by Gasteiger charge is 2.55. The van der Waals surface area contributed by atoms with E-state index >= 15 is 0 Å². The second-order valence-electron chi connectivity index (χ2n) is 3.58. The summed E-state index contributed by atoms with van der Waals surface area (Å²) in [5, 5.41) is 21.7. The number of halogens is 1. The van der Waals surface area contributed by atoms with Crippen LogP contribution in [0.1, 0.15) is 6.92 Å². The van der Waals surface area contributed by atoms with Crippen molar-refractivity contribution < 1.29 is 19.3 Å². The van der Waals surface area contributed by atoms with Gasteiger partial charge in [-0.15, -0.1) is 0 Å². The predicted molar refractivity (Wildman–Crippen MR) is 45.3 cm³/mol. The van der Waals surface area contributed by atoms with E-state index in [0.717, 1.165) is 0 Å². The molecule has 80 valence electrons. The highest BCUT2D eigenvalue weighted by atomic mass is 19.1. The number of hydrogen-bond acceptors (Lipinski definition) is 4. The molecule has 6 nitrogen and oxygen atoms in total. The second-order valence-corrected chi connectivity index (χ2v) is 3.58. The van der Waals surface area contributed by atoms with Crippen LogP contribution in [-0.4, -0.2) is 47.3 Å². The molecule has 0 bridgehead atoms. The van der Waals surface area contributed by atoms with Crippen molar-refractivity contribution in [3.63, 3.8) is 0 Å². The van der Waals surface area contributed by atoms with Crippen LogP contribution in [0.15, 0.2) is 5.11 Å². The summed E-state index contributed by atoms with van der Waals surface area (Å²) in [7, 11) is 0. The zero-order chi connectivity index (χ0) is 10.8. The molecule has 0 spiro atoms. The lowest BCUT2D eigenvalue weighted by Crippen LogP contribution is -2.51. The Labute approximate surface area is 79.9 Å². The first-order valence-corrected chi connectivity index (χ1v) is 4.11. The molecule has 0 aromatic heterocycles. The van der Waals surface area contributed by atoms with Gasteiger partial charge in [-0.1, -0.05) is 5.11 Å². The Morgan fingerprint density at radius 1 is 1.79 bits per heavy atom. The minimum Gasteiger partial charge on any atom is -0.393 e. The van der Waals surface area contributed by atoms with E-state index in [1.165, 1.54) is 6.92 Å². The third-order valence-corrected chi connectivity index (χ3v) is 2.38. The van der Waals surface area contributed by atoms with Gasteiger partial charge in [-0.05, 0) is 12.5 Å². The van der Waals surface area contributed by atoms with Crippen LogP contribution >= 0.6 is 0 Å². The summed E-state index contributed by atoms with van der Waals surface area (Å²) in [4.78, 5) is 2.47. The van der Waals surface area contributed by atoms with Gasteiger partial charge in [0.15, 0.2) is 5.67 Å². The Bertz CT molecular complexity index is 267. The van der Waals surface area contributed by atoms with Gasteiger partial charge in [0, 0.05) is 4.91 Å². The van der Waals surface area contributed by atoms with E-state index in [0.29, 0.717) is 0 Å². The van der Waals surface area contributed by atoms with Gasteiger partial charge in [-0.2, -0.15) is 0 Å². The molecule has 1 aliphatic heterocycles. The Balaban J connectivity index is 2.86. The molecule has 1 rings (SSSR count). The van der Waals surface area contributed by atoms with Crippen LogP contribution in [0.4, 0.5) is 4.39 Å². The first kappa shape index (κ1) is 11.2. The molecule has 1 fully saturated rings. The van der Waals surface area contributed by atoms with Gasteiger partial charge >= 0.3 is 0 Å². The topological polar surface area (TPSA) is 98.5 Å². The third kappa shape index (κ3) is 1.67. The predicted octanol–water partition coefficient (Wildman–Crippen LogP) is 0.147. The molecule has 14 heavy (non-hydrogen) atoms. The van der Waals surface area contributed by atoms with E-state index < -0.39 is 24.0 Å². The molecule has 1 heterocycles. The number of nitrogens with zero attached hydrogens (tertiary/aromatic N) is 3. The number of alkyl halides is 1. The summed E-state index contributed by atoms with van der Waals surface area (Å²) in [6, 6.07) is 0. The van der Waals surface area contributed by atoms with Crippen LogP contribution < -0.4 is 0 Å². The lowest BCUT2D eigenvalue weighted by molar-refractivity contribution is -0.0896. The van der Waals surface area contributed by atoms with Crippen molar-refractivity contribution in [1.82, 2.24) is 0 Å². The molecule has 0 aromatic carbocycles. The van der Waals surface area contributed by atoms with Crippen molar-refractivity contribution in [2.75, 3.05) is 19.8 Å². The van der Waals surface area contributed by atoms with Crippen LogP contribution in [-0.2, 0) is 4.74 Å². The first-order valence-electron chi connectivity index (χ1n) is 4.11. The Morgan fingerprint density at radius 2 is 2.43 bits per heavy atom. The van der Waals surface area contributed by atoms with Gasteiger partial charge in [-0.25, -0.2) is 4.39 Å². The van der Waals surface area contributed by atoms with Crippen molar-refractivity contribution in [3.8, 4) is 0 Å². The SMILES string of the molecule is C[C@@]1(F)CO[C@@](CO)(CN=[N+]=[N-])[C@H]1O. The molecule has 1 aliphatic rings. The van der Waals surface area contributed by atoms with Gasteiger partial charge in [0.25, 0.3) is 0 Å². The Kier molecular flexibility index (Phi) is 2.96. The highest BCUT2D eigenvalue weighted by molar-refractivity contribution is 5.05. The molecule has 0 unspecified atom stereocenters. The number of aliphatic hydroxyl groups is 2. The van der Waals surface area contributed by atoms with Crippen LogP contribution in [0.5, 0.6) is 0 Å². The lowest BCUT2D eigenvalue weighted by atomic mass is 9.90. The Hall–Kier alpha value is -0.880. The van der Waals surface area contributed by atoms with Crippen LogP contribution in [0.3, 0.4) is 0 Å². The molecular weight excluding hydrogens is 193 g/mol. The molecule has 0 amide bonds. The van der Waals surface area contributed by atoms with E-state index in [2.05, 4.69) is 10.0 Å². The van der Waals surface area contributed by atoms with E-state index in [4.69, 9.17) is 15.4 Å². The van der Waals surface area contributed by atoms with Gasteiger partial charge < -0.3 is 14.9 Å². The van der Waals surface area contributed by atoms with Crippen molar-refractivity contribution in [3.05, 3.63) is 10.4 Å². The zero-order valence-corrected chi connectivity index (χ0v) is 7.72. The Morgan fingerprint density at radius 3 is 2.79 bits per heavy atom. The normalized spacial score (nSPS) is 42.1. The molecule has 0 radical (unpaired) electrons. The fraction of sp³-hybridized carbons (Fsp3) is 1.00. The molecule has 3 atom stereocenters. The maximum absolute atomic E-state index is 13.5. The van der Waals surface area contributed by atoms with E-state index in [-0.39, 0.29) is 13.2 Å². The standard InChI is InChI=1S/C7H12FN3O3/c1-6(8)4-14-7(3-12,5(6)13)2-10-11-9/h5,12-13H,2-4H2,1H3/t5-,6+,7+/m0/s1. The average Bonchev–Trinajstić information content (AvgIpc) is 2.39. The van der Waals surface area contributed by atoms with E-state index in [1.807, 2.05) is 0 Å². The van der Waals surface area contributed by atoms with E-state index in [9.17, 15) is 9.50 Å². The fourth-order valence-electron chi connectivity index (χ4n) is 1.46. The van der Waals surface area contributed by atoms with Gasteiger partial charge in [0.05, 0.1) is 19.8 Å². The van der Waals surface area contributed by atoms with Crippen molar-refractivity contribution in [2.24, 2.45) is 5.11 Å². The lowest BCUT2D eigenvalue weighted by Gasteiger charge is -2.29. The first-order chi connectivity index (χ1) is 6.48. The molecule has 0 saturated carbocycles. The highest BCUT2D eigenvalue weighted by Crippen LogP contribution is 2.36. The van der Waals surface area contributed by atoms with Crippen LogP contribution in [0, 0.1) is 0 Å². The van der Waals surface area contributed by atoms with Crippen LogP contribution in [0.2, 0.25) is 0 Å². The number of hydrogen-bond donors (Lipinski definition) is 2. The molecular formula is C7H12FN3O3. The third-order valence-electron chi connectivity index (χ3n) is 2.38.